The molecule has 1 heterocycles. The summed E-state index contributed by atoms with van der Waals surface area (Å²) >= 11 is 0. The number of benzene rings is 1. The zero-order valence-electron chi connectivity index (χ0n) is 13.2. The molecule has 2 N–H and O–H groups in total. The van der Waals surface area contributed by atoms with E-state index < -0.39 is 5.60 Å². The molecule has 0 aliphatic carbocycles. The van der Waals surface area contributed by atoms with E-state index in [1.165, 1.54) is 16.8 Å². The first-order chi connectivity index (χ1) is 9.37. The van der Waals surface area contributed by atoms with Crippen molar-refractivity contribution < 1.29 is 5.11 Å². The molecule has 1 aromatic rings. The Labute approximate surface area is 123 Å². The lowest BCUT2D eigenvalue weighted by atomic mass is 9.93. The number of aliphatic hydroxyl groups is 1. The van der Waals surface area contributed by atoms with Crippen LogP contribution in [0.3, 0.4) is 0 Å². The fourth-order valence-corrected chi connectivity index (χ4v) is 2.64. The predicted octanol–water partition coefficient (Wildman–Crippen LogP) is 2.84. The summed E-state index contributed by atoms with van der Waals surface area (Å²) < 4.78 is 0. The molecule has 2 rings (SSSR count). The lowest BCUT2D eigenvalue weighted by Gasteiger charge is -2.37. The highest BCUT2D eigenvalue weighted by atomic mass is 16.3. The average molecular weight is 276 g/mol. The van der Waals surface area contributed by atoms with Gasteiger partial charge in [-0.3, -0.25) is 0 Å². The zero-order chi connectivity index (χ0) is 14.8. The standard InChI is InChI=1S/C17H28N2O/c1-13(2)18-12-15-5-6-16(11-14(15)3)19-9-7-17(4,20)8-10-19/h5-6,11,13,18,20H,7-10,12H2,1-4H3. The first kappa shape index (κ1) is 15.3. The number of rotatable bonds is 4. The van der Waals surface area contributed by atoms with Crippen LogP contribution in [0.15, 0.2) is 18.2 Å². The van der Waals surface area contributed by atoms with Crippen LogP contribution in [0.4, 0.5) is 5.69 Å². The summed E-state index contributed by atoms with van der Waals surface area (Å²) in [5, 5.41) is 13.5. The highest BCUT2D eigenvalue weighted by Crippen LogP contribution is 2.27. The summed E-state index contributed by atoms with van der Waals surface area (Å²) in [6, 6.07) is 7.23. The number of anilines is 1. The molecular weight excluding hydrogens is 248 g/mol. The van der Waals surface area contributed by atoms with E-state index in [1.807, 2.05) is 6.92 Å². The van der Waals surface area contributed by atoms with Crippen LogP contribution in [0.2, 0.25) is 0 Å². The summed E-state index contributed by atoms with van der Waals surface area (Å²) in [5.41, 5.74) is 3.51. The molecule has 1 aromatic carbocycles. The molecule has 0 unspecified atom stereocenters. The molecule has 0 aromatic heterocycles. The number of nitrogens with one attached hydrogen (secondary N) is 1. The minimum Gasteiger partial charge on any atom is -0.390 e. The number of aryl methyl sites for hydroxylation is 1. The van der Waals surface area contributed by atoms with E-state index in [0.717, 1.165) is 32.5 Å². The van der Waals surface area contributed by atoms with E-state index in [1.54, 1.807) is 0 Å². The van der Waals surface area contributed by atoms with Crippen LogP contribution < -0.4 is 10.2 Å². The fourth-order valence-electron chi connectivity index (χ4n) is 2.64. The molecule has 20 heavy (non-hydrogen) atoms. The second-order valence-electron chi connectivity index (χ2n) is 6.63. The molecule has 0 bridgehead atoms. The van der Waals surface area contributed by atoms with Gasteiger partial charge in [-0.15, -0.1) is 0 Å². The minimum atomic E-state index is -0.479. The summed E-state index contributed by atoms with van der Waals surface area (Å²) in [4.78, 5) is 2.38. The maximum absolute atomic E-state index is 10.0. The van der Waals surface area contributed by atoms with Crippen LogP contribution in [0, 0.1) is 6.92 Å². The van der Waals surface area contributed by atoms with Crippen molar-refractivity contribution in [3.8, 4) is 0 Å². The molecule has 0 amide bonds. The zero-order valence-corrected chi connectivity index (χ0v) is 13.2. The van der Waals surface area contributed by atoms with Crippen molar-refractivity contribution in [2.45, 2.75) is 58.7 Å². The van der Waals surface area contributed by atoms with Crippen molar-refractivity contribution in [3.05, 3.63) is 29.3 Å². The Morgan fingerprint density at radius 1 is 1.30 bits per heavy atom. The van der Waals surface area contributed by atoms with Crippen molar-refractivity contribution in [1.29, 1.82) is 0 Å². The Morgan fingerprint density at radius 2 is 1.95 bits per heavy atom. The Morgan fingerprint density at radius 3 is 2.50 bits per heavy atom. The van der Waals surface area contributed by atoms with Crippen molar-refractivity contribution in [3.63, 3.8) is 0 Å². The van der Waals surface area contributed by atoms with E-state index in [2.05, 4.69) is 49.2 Å². The molecule has 0 spiro atoms. The third-order valence-corrected chi connectivity index (χ3v) is 4.23. The molecule has 1 fully saturated rings. The lowest BCUT2D eigenvalue weighted by Crippen LogP contribution is -2.42. The topological polar surface area (TPSA) is 35.5 Å². The Kier molecular flexibility index (Phi) is 4.71. The van der Waals surface area contributed by atoms with E-state index in [9.17, 15) is 5.11 Å². The SMILES string of the molecule is Cc1cc(N2CCC(C)(O)CC2)ccc1CNC(C)C. The van der Waals surface area contributed by atoms with E-state index in [0.29, 0.717) is 6.04 Å². The fraction of sp³-hybridized carbons (Fsp3) is 0.647. The molecule has 0 atom stereocenters. The van der Waals surface area contributed by atoms with Gasteiger partial charge in [0.05, 0.1) is 5.60 Å². The van der Waals surface area contributed by atoms with Gasteiger partial charge in [-0.2, -0.15) is 0 Å². The van der Waals surface area contributed by atoms with Crippen LogP contribution in [0.5, 0.6) is 0 Å². The molecule has 1 saturated heterocycles. The number of piperidine rings is 1. The molecule has 0 radical (unpaired) electrons. The van der Waals surface area contributed by atoms with Gasteiger partial charge in [-0.05, 0) is 49.9 Å². The first-order valence-electron chi connectivity index (χ1n) is 7.68. The minimum absolute atomic E-state index is 0.479. The van der Waals surface area contributed by atoms with Gasteiger partial charge >= 0.3 is 0 Å². The van der Waals surface area contributed by atoms with Crippen LogP contribution in [0.25, 0.3) is 0 Å². The average Bonchev–Trinajstić information content (AvgIpc) is 2.37. The Bertz CT molecular complexity index is 444. The van der Waals surface area contributed by atoms with Crippen molar-refractivity contribution in [1.82, 2.24) is 5.32 Å². The molecule has 112 valence electrons. The van der Waals surface area contributed by atoms with Gasteiger partial charge in [-0.1, -0.05) is 19.9 Å². The second kappa shape index (κ2) is 6.15. The lowest BCUT2D eigenvalue weighted by molar-refractivity contribution is 0.0351. The summed E-state index contributed by atoms with van der Waals surface area (Å²) in [5.74, 6) is 0. The number of hydrogen-bond donors (Lipinski definition) is 2. The van der Waals surface area contributed by atoms with Gasteiger partial charge in [0.2, 0.25) is 0 Å². The third-order valence-electron chi connectivity index (χ3n) is 4.23. The van der Waals surface area contributed by atoms with Crippen LogP contribution in [0.1, 0.15) is 44.7 Å². The normalized spacial score (nSPS) is 18.6. The molecule has 3 nitrogen and oxygen atoms in total. The molecule has 0 saturated carbocycles. The van der Waals surface area contributed by atoms with E-state index >= 15 is 0 Å². The largest absolute Gasteiger partial charge is 0.390 e. The quantitative estimate of drug-likeness (QED) is 0.887. The molecule has 1 aliphatic heterocycles. The van der Waals surface area contributed by atoms with Crippen molar-refractivity contribution >= 4 is 5.69 Å². The monoisotopic (exact) mass is 276 g/mol. The van der Waals surface area contributed by atoms with Gasteiger partial charge < -0.3 is 15.3 Å². The smallest absolute Gasteiger partial charge is 0.0653 e. The maximum Gasteiger partial charge on any atom is 0.0653 e. The Balaban J connectivity index is 2.02. The van der Waals surface area contributed by atoms with Crippen LogP contribution in [-0.2, 0) is 6.54 Å². The highest BCUT2D eigenvalue weighted by molar-refractivity contribution is 5.51. The summed E-state index contributed by atoms with van der Waals surface area (Å²) in [6.07, 6.45) is 1.70. The summed E-state index contributed by atoms with van der Waals surface area (Å²) in [6.45, 7) is 11.3. The first-order valence-corrected chi connectivity index (χ1v) is 7.68. The highest BCUT2D eigenvalue weighted by Gasteiger charge is 2.27. The van der Waals surface area contributed by atoms with E-state index in [4.69, 9.17) is 0 Å². The number of nitrogens with zero attached hydrogens (tertiary/aromatic N) is 1. The van der Waals surface area contributed by atoms with Crippen molar-refractivity contribution in [2.75, 3.05) is 18.0 Å². The van der Waals surface area contributed by atoms with Gasteiger partial charge in [0, 0.05) is 31.4 Å². The van der Waals surface area contributed by atoms with E-state index in [-0.39, 0.29) is 0 Å². The Hall–Kier alpha value is -1.06. The number of hydrogen-bond acceptors (Lipinski definition) is 3. The molecule has 1 aliphatic rings. The molecular formula is C17H28N2O. The summed E-state index contributed by atoms with van der Waals surface area (Å²) in [7, 11) is 0. The second-order valence-corrected chi connectivity index (χ2v) is 6.63. The van der Waals surface area contributed by atoms with Gasteiger partial charge in [0.1, 0.15) is 0 Å². The maximum atomic E-state index is 10.0. The molecule has 3 heteroatoms. The van der Waals surface area contributed by atoms with Gasteiger partial charge in [0.15, 0.2) is 0 Å². The third kappa shape index (κ3) is 3.97. The van der Waals surface area contributed by atoms with Crippen LogP contribution >= 0.6 is 0 Å². The van der Waals surface area contributed by atoms with Gasteiger partial charge in [-0.25, -0.2) is 0 Å². The predicted molar refractivity (Wildman–Crippen MR) is 85.2 cm³/mol. The van der Waals surface area contributed by atoms with Gasteiger partial charge in [0.25, 0.3) is 0 Å². The van der Waals surface area contributed by atoms with Crippen molar-refractivity contribution in [2.24, 2.45) is 0 Å². The van der Waals surface area contributed by atoms with Crippen LogP contribution in [-0.4, -0.2) is 29.8 Å².